The number of alkyl halides is 3. The Hall–Kier alpha value is -7.84. The molecule has 0 bridgehead atoms. The number of hydrogen-bond acceptors (Lipinski definition) is 3. The first kappa shape index (κ1) is 50.3. The molecule has 8 heteroatoms. The highest BCUT2D eigenvalue weighted by molar-refractivity contribution is 6.11. The molecule has 0 saturated carbocycles. The number of halogens is 3. The molecule has 0 aliphatic rings. The van der Waals surface area contributed by atoms with Gasteiger partial charge in [-0.25, -0.2) is 15.0 Å². The predicted octanol–water partition coefficient (Wildman–Crippen LogP) is 18.9. The van der Waals surface area contributed by atoms with E-state index in [0.717, 1.165) is 71.9 Å². The van der Waals surface area contributed by atoms with Gasteiger partial charge in [0.15, 0.2) is 17.5 Å². The Morgan fingerprint density at radius 2 is 0.671 bits per heavy atom. The minimum Gasteiger partial charge on any atom is -0.309 e. The van der Waals surface area contributed by atoms with Crippen LogP contribution < -0.4 is 0 Å². The molecule has 8 aromatic carbocycles. The molecule has 0 radical (unpaired) electrons. The van der Waals surface area contributed by atoms with Crippen molar-refractivity contribution in [3.63, 3.8) is 0 Å². The molecule has 76 heavy (non-hydrogen) atoms. The Morgan fingerprint density at radius 1 is 0.303 bits per heavy atom. The highest BCUT2D eigenvalue weighted by Crippen LogP contribution is 2.44. The van der Waals surface area contributed by atoms with Crippen molar-refractivity contribution in [3.05, 3.63) is 198 Å². The Bertz CT molecular complexity index is 3870. The van der Waals surface area contributed by atoms with Crippen LogP contribution in [0.25, 0.3) is 100 Å². The lowest BCUT2D eigenvalue weighted by Gasteiger charge is -2.26. The summed E-state index contributed by atoms with van der Waals surface area (Å²) in [6.07, 6.45) is -4.50. The molecule has 0 unspecified atom stereocenters. The molecule has 11 aromatic rings. The van der Waals surface area contributed by atoms with Crippen LogP contribution in [-0.2, 0) is 27.8 Å². The van der Waals surface area contributed by atoms with E-state index >= 15 is 0 Å². The van der Waals surface area contributed by atoms with Crippen LogP contribution in [-0.4, -0.2) is 24.1 Å². The second kappa shape index (κ2) is 17.9. The van der Waals surface area contributed by atoms with E-state index in [1.165, 1.54) is 34.4 Å². The molecule has 0 fully saturated rings. The largest absolute Gasteiger partial charge is 0.416 e. The van der Waals surface area contributed by atoms with Gasteiger partial charge in [-0.1, -0.05) is 168 Å². The van der Waals surface area contributed by atoms with Gasteiger partial charge in [0, 0.05) is 49.4 Å². The molecule has 5 nitrogen and oxygen atoms in total. The molecular weight excluding hydrogens is 944 g/mol. The Balaban J connectivity index is 1.23. The van der Waals surface area contributed by atoms with Crippen LogP contribution in [0.5, 0.6) is 0 Å². The van der Waals surface area contributed by atoms with Gasteiger partial charge in [0.1, 0.15) is 0 Å². The molecule has 0 saturated heterocycles. The number of nitrogens with zero attached hydrogens (tertiary/aromatic N) is 5. The molecule has 0 aliphatic heterocycles. The summed E-state index contributed by atoms with van der Waals surface area (Å²) >= 11 is 0. The van der Waals surface area contributed by atoms with Crippen LogP contribution >= 0.6 is 0 Å². The van der Waals surface area contributed by atoms with Crippen molar-refractivity contribution in [1.29, 1.82) is 0 Å². The minimum atomic E-state index is -4.50. The quantitative estimate of drug-likeness (QED) is 0.167. The van der Waals surface area contributed by atoms with Gasteiger partial charge in [-0.3, -0.25) is 0 Å². The monoisotopic (exact) mass is 1010 g/mol. The second-order valence-electron chi connectivity index (χ2n) is 24.6. The molecule has 0 atom stereocenters. The number of hydrogen-bond donors (Lipinski definition) is 0. The molecule has 11 rings (SSSR count). The summed E-state index contributed by atoms with van der Waals surface area (Å²) in [6, 6.07) is 56.9. The third kappa shape index (κ3) is 9.05. The zero-order chi connectivity index (χ0) is 53.9. The van der Waals surface area contributed by atoms with Crippen molar-refractivity contribution in [2.45, 2.75) is 111 Å². The number of para-hydroxylation sites is 4. The van der Waals surface area contributed by atoms with Crippen LogP contribution in [0.1, 0.15) is 111 Å². The van der Waals surface area contributed by atoms with Crippen molar-refractivity contribution < 1.29 is 13.2 Å². The third-order valence-corrected chi connectivity index (χ3v) is 15.0. The average molecular weight is 1010 g/mol. The summed E-state index contributed by atoms with van der Waals surface area (Å²) in [5, 5.41) is 3.50. The van der Waals surface area contributed by atoms with E-state index in [1.54, 1.807) is 6.07 Å². The molecule has 3 heterocycles. The highest BCUT2D eigenvalue weighted by Gasteiger charge is 2.32. The van der Waals surface area contributed by atoms with E-state index in [4.69, 9.17) is 15.0 Å². The van der Waals surface area contributed by atoms with Crippen LogP contribution in [0.3, 0.4) is 0 Å². The summed E-state index contributed by atoms with van der Waals surface area (Å²) in [5.41, 5.74) is 13.1. The van der Waals surface area contributed by atoms with Gasteiger partial charge in [-0.15, -0.1) is 0 Å². The molecule has 0 N–H and O–H groups in total. The van der Waals surface area contributed by atoms with Gasteiger partial charge >= 0.3 is 6.18 Å². The minimum absolute atomic E-state index is 0.154. The SMILES string of the molecule is CC(C)(C)c1cc(-c2nc(-c3cc(C(C)(C)C)cc(C(C)(C)C)c3)nc(-c3ccc(-n4c5ccccc5c5ccccc54)c(-c4ccccc4-n4c5ccccc5c5cc(C(F)(F)F)ccc54)c3)n2)cc(C(C)(C)C)c1. The van der Waals surface area contributed by atoms with Crippen molar-refractivity contribution in [3.8, 4) is 56.7 Å². The molecule has 0 aliphatic carbocycles. The third-order valence-electron chi connectivity index (χ3n) is 15.0. The molecule has 0 amide bonds. The molecule has 382 valence electrons. The van der Waals surface area contributed by atoms with Crippen molar-refractivity contribution in [2.24, 2.45) is 0 Å². The first-order valence-electron chi connectivity index (χ1n) is 26.2. The van der Waals surface area contributed by atoms with Crippen molar-refractivity contribution in [1.82, 2.24) is 24.1 Å². The lowest BCUT2D eigenvalue weighted by Crippen LogP contribution is -2.17. The van der Waals surface area contributed by atoms with E-state index in [9.17, 15) is 13.2 Å². The molecule has 0 spiro atoms. The van der Waals surface area contributed by atoms with E-state index in [0.29, 0.717) is 28.4 Å². The van der Waals surface area contributed by atoms with Gasteiger partial charge in [-0.05, 0) is 129 Å². The smallest absolute Gasteiger partial charge is 0.309 e. The lowest BCUT2D eigenvalue weighted by atomic mass is 9.79. The summed E-state index contributed by atoms with van der Waals surface area (Å²) in [4.78, 5) is 16.4. The van der Waals surface area contributed by atoms with Crippen LogP contribution in [0.2, 0.25) is 0 Å². The topological polar surface area (TPSA) is 48.5 Å². The summed E-state index contributed by atoms with van der Waals surface area (Å²) < 4.78 is 47.6. The van der Waals surface area contributed by atoms with Crippen LogP contribution in [0.15, 0.2) is 170 Å². The van der Waals surface area contributed by atoms with Crippen molar-refractivity contribution in [2.75, 3.05) is 0 Å². The molecule has 3 aromatic heterocycles. The summed E-state index contributed by atoms with van der Waals surface area (Å²) in [5.74, 6) is 1.67. The Labute approximate surface area is 444 Å². The Kier molecular flexibility index (Phi) is 11.9. The van der Waals surface area contributed by atoms with E-state index in [-0.39, 0.29) is 21.7 Å². The lowest BCUT2D eigenvalue weighted by molar-refractivity contribution is -0.137. The van der Waals surface area contributed by atoms with E-state index in [1.807, 2.05) is 36.4 Å². The van der Waals surface area contributed by atoms with Gasteiger partial charge in [0.2, 0.25) is 0 Å². The second-order valence-corrected chi connectivity index (χ2v) is 24.6. The van der Waals surface area contributed by atoms with Gasteiger partial charge in [-0.2, -0.15) is 13.2 Å². The maximum Gasteiger partial charge on any atom is 0.416 e. The van der Waals surface area contributed by atoms with Crippen molar-refractivity contribution >= 4 is 43.6 Å². The number of fused-ring (bicyclic) bond motifs is 6. The molecular formula is C68H64F3N5. The maximum atomic E-state index is 14.4. The van der Waals surface area contributed by atoms with Gasteiger partial charge < -0.3 is 9.13 Å². The predicted molar refractivity (Wildman–Crippen MR) is 310 cm³/mol. The van der Waals surface area contributed by atoms with Gasteiger partial charge in [0.05, 0.1) is 39.0 Å². The van der Waals surface area contributed by atoms with Crippen LogP contribution in [0.4, 0.5) is 13.2 Å². The number of rotatable bonds is 6. The summed E-state index contributed by atoms with van der Waals surface area (Å²) in [6.45, 7) is 26.9. The zero-order valence-corrected chi connectivity index (χ0v) is 45.5. The average Bonchev–Trinajstić information content (AvgIpc) is 3.93. The first-order valence-corrected chi connectivity index (χ1v) is 26.2. The van der Waals surface area contributed by atoms with Gasteiger partial charge in [0.25, 0.3) is 0 Å². The standard InChI is InChI=1S/C68H64F3N5/c1-64(2,3)45-33-42(34-46(38-45)65(4,5)6)62-72-61(73-63(74-62)43-35-47(66(7,8)9)39-48(36-43)67(10,11)12)41-29-31-59(75-55-25-17-13-21-49(55)50-22-14-18-26-56(50)75)53(37-41)51-23-15-19-27-57(51)76-58-28-20-16-24-52(58)54-40-44(68(69,70)71)30-32-60(54)76/h13-40H,1-12H3. The maximum absolute atomic E-state index is 14.4. The number of aromatic nitrogens is 5. The van der Waals surface area contributed by atoms with Crippen LogP contribution in [0, 0.1) is 0 Å². The zero-order valence-electron chi connectivity index (χ0n) is 45.5. The number of benzene rings is 8. The van der Waals surface area contributed by atoms with E-state index < -0.39 is 11.7 Å². The Morgan fingerprint density at radius 3 is 1.11 bits per heavy atom. The first-order chi connectivity index (χ1) is 35.8. The summed E-state index contributed by atoms with van der Waals surface area (Å²) in [7, 11) is 0. The normalized spacial score (nSPS) is 12.9. The fourth-order valence-corrected chi connectivity index (χ4v) is 10.6. The van der Waals surface area contributed by atoms with E-state index in [2.05, 4.69) is 207 Å². The fourth-order valence-electron chi connectivity index (χ4n) is 10.6. The fraction of sp³-hybridized carbons (Fsp3) is 0.250. The highest BCUT2D eigenvalue weighted by atomic mass is 19.4.